The lowest BCUT2D eigenvalue weighted by molar-refractivity contribution is 0.0988. The van der Waals surface area contributed by atoms with Crippen LogP contribution in [-0.2, 0) is 0 Å². The van der Waals surface area contributed by atoms with Gasteiger partial charge in [0.15, 0.2) is 11.5 Å². The first-order valence-corrected chi connectivity index (χ1v) is 5.61. The third-order valence-electron chi connectivity index (χ3n) is 2.52. The van der Waals surface area contributed by atoms with Crippen LogP contribution >= 0.6 is 15.9 Å². The molecule has 0 spiro atoms. The standard InChI is InChI=1S/C12H11BrO3/c1-6-9-4-8(15-3)5-10(13)12(9)16-11(6)7(2)14/h4-5H,1-3H3. The number of aryl methyl sites for hydroxylation is 1. The number of benzene rings is 1. The summed E-state index contributed by atoms with van der Waals surface area (Å²) in [6.07, 6.45) is 0. The zero-order chi connectivity index (χ0) is 11.9. The summed E-state index contributed by atoms with van der Waals surface area (Å²) in [6, 6.07) is 3.68. The number of Topliss-reactive ketones (excluding diaryl/α,β-unsaturated/α-hetero) is 1. The molecule has 1 aromatic carbocycles. The molecule has 2 aromatic rings. The quantitative estimate of drug-likeness (QED) is 0.788. The van der Waals surface area contributed by atoms with Crippen molar-refractivity contribution < 1.29 is 13.9 Å². The van der Waals surface area contributed by atoms with Crippen molar-refractivity contribution in [2.24, 2.45) is 0 Å². The molecule has 0 bridgehead atoms. The number of carbonyl (C=O) groups is 1. The maximum atomic E-state index is 11.4. The van der Waals surface area contributed by atoms with Crippen molar-refractivity contribution in [1.82, 2.24) is 0 Å². The van der Waals surface area contributed by atoms with Crippen molar-refractivity contribution in [2.45, 2.75) is 13.8 Å². The molecule has 0 aliphatic rings. The predicted octanol–water partition coefficient (Wildman–Crippen LogP) is 3.71. The highest BCUT2D eigenvalue weighted by atomic mass is 79.9. The molecule has 0 N–H and O–H groups in total. The van der Waals surface area contributed by atoms with E-state index in [9.17, 15) is 4.79 Å². The molecule has 0 saturated carbocycles. The van der Waals surface area contributed by atoms with Gasteiger partial charge < -0.3 is 9.15 Å². The molecule has 0 amide bonds. The van der Waals surface area contributed by atoms with E-state index in [0.717, 1.165) is 21.2 Å². The van der Waals surface area contributed by atoms with Gasteiger partial charge in [0.1, 0.15) is 11.3 Å². The van der Waals surface area contributed by atoms with E-state index in [1.165, 1.54) is 6.92 Å². The van der Waals surface area contributed by atoms with Crippen molar-refractivity contribution in [2.75, 3.05) is 7.11 Å². The van der Waals surface area contributed by atoms with Crippen LogP contribution in [0.25, 0.3) is 11.0 Å². The molecule has 1 heterocycles. The van der Waals surface area contributed by atoms with Gasteiger partial charge in [-0.3, -0.25) is 4.79 Å². The van der Waals surface area contributed by atoms with Crippen molar-refractivity contribution in [1.29, 1.82) is 0 Å². The van der Waals surface area contributed by atoms with E-state index >= 15 is 0 Å². The van der Waals surface area contributed by atoms with Crippen LogP contribution in [0.5, 0.6) is 5.75 Å². The van der Waals surface area contributed by atoms with Gasteiger partial charge >= 0.3 is 0 Å². The number of carbonyl (C=O) groups excluding carboxylic acids is 1. The van der Waals surface area contributed by atoms with Gasteiger partial charge in [-0.1, -0.05) is 0 Å². The summed E-state index contributed by atoms with van der Waals surface area (Å²) < 4.78 is 11.5. The van der Waals surface area contributed by atoms with E-state index in [0.29, 0.717) is 11.3 Å². The van der Waals surface area contributed by atoms with E-state index in [4.69, 9.17) is 9.15 Å². The predicted molar refractivity (Wildman–Crippen MR) is 65.2 cm³/mol. The Kier molecular flexibility index (Phi) is 2.76. The molecular weight excluding hydrogens is 272 g/mol. The molecule has 0 saturated heterocycles. The fourth-order valence-electron chi connectivity index (χ4n) is 1.71. The summed E-state index contributed by atoms with van der Waals surface area (Å²) in [5.41, 5.74) is 1.53. The summed E-state index contributed by atoms with van der Waals surface area (Å²) in [6.45, 7) is 3.37. The topological polar surface area (TPSA) is 39.4 Å². The third kappa shape index (κ3) is 1.63. The van der Waals surface area contributed by atoms with Gasteiger partial charge in [0.2, 0.25) is 0 Å². The van der Waals surface area contributed by atoms with Crippen LogP contribution in [0.1, 0.15) is 23.0 Å². The van der Waals surface area contributed by atoms with Crippen LogP contribution in [0.2, 0.25) is 0 Å². The Balaban J connectivity index is 2.81. The van der Waals surface area contributed by atoms with Gasteiger partial charge in [0, 0.05) is 17.9 Å². The second-order valence-electron chi connectivity index (χ2n) is 3.60. The molecule has 16 heavy (non-hydrogen) atoms. The Morgan fingerprint density at radius 2 is 2.12 bits per heavy atom. The second-order valence-corrected chi connectivity index (χ2v) is 4.45. The number of halogens is 1. The molecule has 0 unspecified atom stereocenters. The number of ether oxygens (including phenoxy) is 1. The molecule has 84 valence electrons. The molecular formula is C12H11BrO3. The number of hydrogen-bond acceptors (Lipinski definition) is 3. The Morgan fingerprint density at radius 3 is 2.69 bits per heavy atom. The van der Waals surface area contributed by atoms with Crippen molar-refractivity contribution >= 4 is 32.7 Å². The van der Waals surface area contributed by atoms with Crippen LogP contribution < -0.4 is 4.74 Å². The van der Waals surface area contributed by atoms with Crippen LogP contribution in [0.3, 0.4) is 0 Å². The van der Waals surface area contributed by atoms with Crippen LogP contribution in [0.4, 0.5) is 0 Å². The number of ketones is 1. The Hall–Kier alpha value is -1.29. The highest BCUT2D eigenvalue weighted by Crippen LogP contribution is 2.34. The number of furan rings is 1. The number of methoxy groups -OCH3 is 1. The molecule has 0 fully saturated rings. The van der Waals surface area contributed by atoms with E-state index in [2.05, 4.69) is 15.9 Å². The lowest BCUT2D eigenvalue weighted by Gasteiger charge is -2.00. The number of fused-ring (bicyclic) bond motifs is 1. The average Bonchev–Trinajstić information content (AvgIpc) is 2.57. The minimum Gasteiger partial charge on any atom is -0.497 e. The summed E-state index contributed by atoms with van der Waals surface area (Å²) >= 11 is 3.40. The SMILES string of the molecule is COc1cc(Br)c2oc(C(C)=O)c(C)c2c1. The summed E-state index contributed by atoms with van der Waals surface area (Å²) in [5, 5.41) is 0.899. The summed E-state index contributed by atoms with van der Waals surface area (Å²) in [5.74, 6) is 1.07. The summed E-state index contributed by atoms with van der Waals surface area (Å²) in [7, 11) is 1.61. The largest absolute Gasteiger partial charge is 0.497 e. The third-order valence-corrected chi connectivity index (χ3v) is 3.11. The number of hydrogen-bond donors (Lipinski definition) is 0. The van der Waals surface area contributed by atoms with E-state index in [1.807, 2.05) is 19.1 Å². The van der Waals surface area contributed by atoms with Crippen molar-refractivity contribution in [3.63, 3.8) is 0 Å². The minimum atomic E-state index is -0.0698. The van der Waals surface area contributed by atoms with Gasteiger partial charge in [-0.05, 0) is 35.0 Å². The van der Waals surface area contributed by atoms with Gasteiger partial charge in [-0.2, -0.15) is 0 Å². The first kappa shape index (κ1) is 11.2. The maximum absolute atomic E-state index is 11.4. The van der Waals surface area contributed by atoms with Gasteiger partial charge in [0.25, 0.3) is 0 Å². The van der Waals surface area contributed by atoms with Crippen molar-refractivity contribution in [3.8, 4) is 5.75 Å². The Bertz CT molecular complexity index is 569. The molecule has 0 aliphatic heterocycles. The van der Waals surface area contributed by atoms with Gasteiger partial charge in [0.05, 0.1) is 11.6 Å². The van der Waals surface area contributed by atoms with Crippen molar-refractivity contribution in [3.05, 3.63) is 27.9 Å². The molecule has 3 nitrogen and oxygen atoms in total. The smallest absolute Gasteiger partial charge is 0.195 e. The highest BCUT2D eigenvalue weighted by molar-refractivity contribution is 9.10. The normalized spacial score (nSPS) is 10.8. The zero-order valence-corrected chi connectivity index (χ0v) is 10.8. The van der Waals surface area contributed by atoms with E-state index in [1.54, 1.807) is 7.11 Å². The number of rotatable bonds is 2. The molecule has 4 heteroatoms. The van der Waals surface area contributed by atoms with E-state index in [-0.39, 0.29) is 5.78 Å². The first-order chi connectivity index (χ1) is 7.54. The van der Waals surface area contributed by atoms with Crippen LogP contribution in [0, 0.1) is 6.92 Å². The average molecular weight is 283 g/mol. The van der Waals surface area contributed by atoms with E-state index < -0.39 is 0 Å². The minimum absolute atomic E-state index is 0.0698. The Morgan fingerprint density at radius 1 is 1.44 bits per heavy atom. The molecule has 0 radical (unpaired) electrons. The lowest BCUT2D eigenvalue weighted by Crippen LogP contribution is -1.90. The molecule has 0 aliphatic carbocycles. The zero-order valence-electron chi connectivity index (χ0n) is 9.26. The molecule has 0 atom stereocenters. The monoisotopic (exact) mass is 282 g/mol. The van der Waals surface area contributed by atoms with Crippen LogP contribution in [-0.4, -0.2) is 12.9 Å². The Labute approximate surface area is 102 Å². The lowest BCUT2D eigenvalue weighted by atomic mass is 10.1. The fraction of sp³-hybridized carbons (Fsp3) is 0.250. The van der Waals surface area contributed by atoms with Crippen LogP contribution in [0.15, 0.2) is 21.0 Å². The molecule has 1 aromatic heterocycles. The van der Waals surface area contributed by atoms with Gasteiger partial charge in [-0.15, -0.1) is 0 Å². The first-order valence-electron chi connectivity index (χ1n) is 4.82. The second kappa shape index (κ2) is 3.94. The summed E-state index contributed by atoms with van der Waals surface area (Å²) in [4.78, 5) is 11.4. The van der Waals surface area contributed by atoms with Gasteiger partial charge in [-0.25, -0.2) is 0 Å². The fourth-order valence-corrected chi connectivity index (χ4v) is 2.23. The maximum Gasteiger partial charge on any atom is 0.195 e. The molecule has 2 rings (SSSR count). The highest BCUT2D eigenvalue weighted by Gasteiger charge is 2.16.